The Hall–Kier alpha value is -2.25. The summed E-state index contributed by atoms with van der Waals surface area (Å²) in [4.78, 5) is 0. The summed E-state index contributed by atoms with van der Waals surface area (Å²) >= 11 is 8.40. The number of hydrogen-bond acceptors (Lipinski definition) is 4. The Labute approximate surface area is 183 Å². The molecular weight excluding hydrogens is 487 g/mol. The standard InChI is InChI=1S/C22H20ClIN2O2/c1-27-21-12-17(13-25-26-14-18-9-5-6-10-19(18)23)11-20(24)22(21)28-15-16-7-3-2-4-8-16/h2-13,26H,14-15H2,1H3/b25-13-. The molecule has 0 radical (unpaired) electrons. The molecule has 0 atom stereocenters. The number of benzene rings is 3. The third-order valence-corrected chi connectivity index (χ3v) is 5.18. The minimum absolute atomic E-state index is 0.486. The SMILES string of the molecule is COc1cc(/C=N\NCc2ccccc2Cl)cc(I)c1OCc1ccccc1. The van der Waals surface area contributed by atoms with E-state index in [1.807, 2.05) is 66.7 Å². The van der Waals surface area contributed by atoms with Crippen molar-refractivity contribution < 1.29 is 9.47 Å². The van der Waals surface area contributed by atoms with Gasteiger partial charge in [0.25, 0.3) is 0 Å². The minimum atomic E-state index is 0.486. The molecule has 0 spiro atoms. The van der Waals surface area contributed by atoms with Gasteiger partial charge in [-0.15, -0.1) is 0 Å². The Morgan fingerprint density at radius 1 is 1.07 bits per heavy atom. The topological polar surface area (TPSA) is 42.8 Å². The minimum Gasteiger partial charge on any atom is -0.493 e. The van der Waals surface area contributed by atoms with E-state index in [1.165, 1.54) is 0 Å². The monoisotopic (exact) mass is 506 g/mol. The first-order valence-corrected chi connectivity index (χ1v) is 10.2. The lowest BCUT2D eigenvalue weighted by Crippen LogP contribution is -2.06. The van der Waals surface area contributed by atoms with Gasteiger partial charge in [0, 0.05) is 5.02 Å². The third kappa shape index (κ3) is 5.62. The molecule has 28 heavy (non-hydrogen) atoms. The molecule has 0 aromatic heterocycles. The van der Waals surface area contributed by atoms with Crippen LogP contribution in [-0.4, -0.2) is 13.3 Å². The molecule has 3 aromatic carbocycles. The zero-order valence-electron chi connectivity index (χ0n) is 15.4. The Bertz CT molecular complexity index is 949. The van der Waals surface area contributed by atoms with Crippen molar-refractivity contribution in [1.29, 1.82) is 0 Å². The van der Waals surface area contributed by atoms with Gasteiger partial charge in [0.05, 0.1) is 23.4 Å². The summed E-state index contributed by atoms with van der Waals surface area (Å²) in [5.74, 6) is 1.41. The molecule has 0 saturated carbocycles. The van der Waals surface area contributed by atoms with Gasteiger partial charge >= 0.3 is 0 Å². The van der Waals surface area contributed by atoms with Gasteiger partial charge in [-0.25, -0.2) is 0 Å². The van der Waals surface area contributed by atoms with Gasteiger partial charge in [0.1, 0.15) is 6.61 Å². The highest BCUT2D eigenvalue weighted by atomic mass is 127. The second-order valence-electron chi connectivity index (χ2n) is 5.99. The molecule has 3 rings (SSSR count). The normalized spacial score (nSPS) is 10.8. The number of methoxy groups -OCH3 is 1. The van der Waals surface area contributed by atoms with Crippen molar-refractivity contribution >= 4 is 40.4 Å². The lowest BCUT2D eigenvalue weighted by atomic mass is 10.2. The highest BCUT2D eigenvalue weighted by Gasteiger charge is 2.11. The first-order chi connectivity index (χ1) is 13.7. The second kappa shape index (κ2) is 10.3. The fraction of sp³-hybridized carbons (Fsp3) is 0.136. The zero-order valence-corrected chi connectivity index (χ0v) is 18.3. The maximum Gasteiger partial charge on any atom is 0.174 e. The van der Waals surface area contributed by atoms with Crippen LogP contribution in [0.25, 0.3) is 0 Å². The average Bonchev–Trinajstić information content (AvgIpc) is 2.72. The molecule has 4 nitrogen and oxygen atoms in total. The summed E-state index contributed by atoms with van der Waals surface area (Å²) in [6.45, 7) is 1.04. The molecule has 0 heterocycles. The molecule has 0 fully saturated rings. The second-order valence-corrected chi connectivity index (χ2v) is 7.56. The van der Waals surface area contributed by atoms with E-state index >= 15 is 0 Å². The summed E-state index contributed by atoms with van der Waals surface area (Å²) in [6, 6.07) is 21.6. The van der Waals surface area contributed by atoms with E-state index in [-0.39, 0.29) is 0 Å². The number of ether oxygens (including phenoxy) is 2. The summed E-state index contributed by atoms with van der Waals surface area (Å²) in [7, 11) is 1.64. The van der Waals surface area contributed by atoms with Crippen molar-refractivity contribution in [2.45, 2.75) is 13.2 Å². The predicted molar refractivity (Wildman–Crippen MR) is 122 cm³/mol. The van der Waals surface area contributed by atoms with E-state index < -0.39 is 0 Å². The van der Waals surface area contributed by atoms with Gasteiger partial charge in [-0.05, 0) is 57.5 Å². The zero-order chi connectivity index (χ0) is 19.8. The first-order valence-electron chi connectivity index (χ1n) is 8.71. The van der Waals surface area contributed by atoms with Gasteiger partial charge < -0.3 is 14.9 Å². The number of nitrogens with one attached hydrogen (secondary N) is 1. The van der Waals surface area contributed by atoms with Crippen molar-refractivity contribution in [3.8, 4) is 11.5 Å². The van der Waals surface area contributed by atoms with Crippen LogP contribution in [0.5, 0.6) is 11.5 Å². The lowest BCUT2D eigenvalue weighted by molar-refractivity contribution is 0.282. The van der Waals surface area contributed by atoms with E-state index in [1.54, 1.807) is 13.3 Å². The molecule has 0 amide bonds. The van der Waals surface area contributed by atoms with Crippen LogP contribution < -0.4 is 14.9 Å². The van der Waals surface area contributed by atoms with Gasteiger partial charge in [-0.2, -0.15) is 5.10 Å². The number of hydrazone groups is 1. The Morgan fingerprint density at radius 3 is 2.57 bits per heavy atom. The molecule has 1 N–H and O–H groups in total. The Morgan fingerprint density at radius 2 is 1.82 bits per heavy atom. The van der Waals surface area contributed by atoms with Crippen molar-refractivity contribution in [3.63, 3.8) is 0 Å². The van der Waals surface area contributed by atoms with E-state index in [2.05, 4.69) is 33.1 Å². The fourth-order valence-electron chi connectivity index (χ4n) is 2.58. The third-order valence-electron chi connectivity index (χ3n) is 4.01. The van der Waals surface area contributed by atoms with Crippen LogP contribution in [0.3, 0.4) is 0 Å². The Balaban J connectivity index is 1.65. The molecule has 144 valence electrons. The first kappa shape index (κ1) is 20.5. The number of hydrogen-bond donors (Lipinski definition) is 1. The molecule has 0 bridgehead atoms. The maximum atomic E-state index is 6.15. The van der Waals surface area contributed by atoms with Gasteiger partial charge in [-0.1, -0.05) is 60.1 Å². The van der Waals surface area contributed by atoms with Gasteiger partial charge in [-0.3, -0.25) is 0 Å². The Kier molecular flexibility index (Phi) is 7.56. The fourth-order valence-corrected chi connectivity index (χ4v) is 3.56. The van der Waals surface area contributed by atoms with Gasteiger partial charge in [0.2, 0.25) is 0 Å². The smallest absolute Gasteiger partial charge is 0.174 e. The van der Waals surface area contributed by atoms with Crippen molar-refractivity contribution in [3.05, 3.63) is 92.0 Å². The molecule has 3 aromatic rings. The molecule has 0 saturated heterocycles. The van der Waals surface area contributed by atoms with Crippen LogP contribution >= 0.6 is 34.2 Å². The summed E-state index contributed by atoms with van der Waals surface area (Å²) in [5.41, 5.74) is 6.04. The molecule has 0 unspecified atom stereocenters. The highest BCUT2D eigenvalue weighted by molar-refractivity contribution is 14.1. The van der Waals surface area contributed by atoms with E-state index in [4.69, 9.17) is 21.1 Å². The molecule has 0 aliphatic rings. The molecule has 6 heteroatoms. The predicted octanol–water partition coefficient (Wildman–Crippen LogP) is 5.66. The summed E-state index contributed by atoms with van der Waals surface area (Å²) in [6.07, 6.45) is 1.75. The highest BCUT2D eigenvalue weighted by Crippen LogP contribution is 2.34. The number of rotatable bonds is 8. The lowest BCUT2D eigenvalue weighted by Gasteiger charge is -2.13. The largest absolute Gasteiger partial charge is 0.493 e. The van der Waals surface area contributed by atoms with Crippen molar-refractivity contribution in [2.75, 3.05) is 7.11 Å². The summed E-state index contributed by atoms with van der Waals surface area (Å²) < 4.78 is 12.5. The molecule has 0 aliphatic carbocycles. The van der Waals surface area contributed by atoms with Crippen LogP contribution in [0.4, 0.5) is 0 Å². The summed E-state index contributed by atoms with van der Waals surface area (Å²) in [5, 5.41) is 5.01. The van der Waals surface area contributed by atoms with Crippen LogP contribution in [0, 0.1) is 3.57 Å². The average molecular weight is 507 g/mol. The van der Waals surface area contributed by atoms with Gasteiger partial charge in [0.15, 0.2) is 11.5 Å². The van der Waals surface area contributed by atoms with Crippen LogP contribution in [-0.2, 0) is 13.2 Å². The van der Waals surface area contributed by atoms with Crippen LogP contribution in [0.2, 0.25) is 5.02 Å². The van der Waals surface area contributed by atoms with E-state index in [0.717, 1.165) is 31.0 Å². The van der Waals surface area contributed by atoms with E-state index in [0.29, 0.717) is 18.9 Å². The molecule has 0 aliphatic heterocycles. The van der Waals surface area contributed by atoms with Crippen LogP contribution in [0.15, 0.2) is 71.8 Å². The van der Waals surface area contributed by atoms with Crippen molar-refractivity contribution in [1.82, 2.24) is 5.43 Å². The van der Waals surface area contributed by atoms with Crippen molar-refractivity contribution in [2.24, 2.45) is 5.10 Å². The molecular formula is C22H20ClIN2O2. The number of nitrogens with zero attached hydrogens (tertiary/aromatic N) is 1. The van der Waals surface area contributed by atoms with E-state index in [9.17, 15) is 0 Å². The van der Waals surface area contributed by atoms with Crippen LogP contribution in [0.1, 0.15) is 16.7 Å². The quantitative estimate of drug-likeness (QED) is 0.244. The maximum absolute atomic E-state index is 6.15. The number of halogens is 2.